The number of fused-ring (bicyclic) bond motifs is 1. The molecule has 0 aromatic heterocycles. The lowest BCUT2D eigenvalue weighted by Crippen LogP contribution is -2.16. The molecule has 0 N–H and O–H groups in total. The Hall–Kier alpha value is -2.60. The number of thioether (sulfide) groups is 1. The minimum Gasteiger partial charge on any atom is -0.335 e. The summed E-state index contributed by atoms with van der Waals surface area (Å²) >= 11 is 1.62. The third-order valence-electron chi connectivity index (χ3n) is 3.56. The van der Waals surface area contributed by atoms with Crippen LogP contribution in [0.4, 0.5) is 5.69 Å². The summed E-state index contributed by atoms with van der Waals surface area (Å²) in [5.74, 6) is -0.226. The highest BCUT2D eigenvalue weighted by Crippen LogP contribution is 2.45. The highest BCUT2D eigenvalue weighted by Gasteiger charge is 2.23. The van der Waals surface area contributed by atoms with Crippen LogP contribution in [0.3, 0.4) is 0 Å². The van der Waals surface area contributed by atoms with E-state index in [4.69, 9.17) is 0 Å². The predicted molar refractivity (Wildman–Crippen MR) is 90.7 cm³/mol. The van der Waals surface area contributed by atoms with E-state index in [1.807, 2.05) is 18.2 Å². The zero-order valence-corrected chi connectivity index (χ0v) is 13.2. The summed E-state index contributed by atoms with van der Waals surface area (Å²) in [5.41, 5.74) is 1.38. The highest BCUT2D eigenvalue weighted by molar-refractivity contribution is 8.03. The van der Waals surface area contributed by atoms with Gasteiger partial charge in [-0.05, 0) is 37.3 Å². The van der Waals surface area contributed by atoms with Gasteiger partial charge in [0.1, 0.15) is 0 Å². The van der Waals surface area contributed by atoms with Gasteiger partial charge < -0.3 is 4.90 Å². The Morgan fingerprint density at radius 2 is 2.04 bits per heavy atom. The van der Waals surface area contributed by atoms with Crippen LogP contribution in [0, 0.1) is 10.1 Å². The number of benzene rings is 1. The fraction of sp³-hybridized carbons (Fsp3) is 0.118. The maximum Gasteiger partial charge on any atom is 0.270 e. The molecule has 1 aromatic rings. The Labute approximate surface area is 137 Å². The molecule has 0 bridgehead atoms. The molecule has 0 amide bonds. The fourth-order valence-corrected chi connectivity index (χ4v) is 3.57. The topological polar surface area (TPSA) is 63.4 Å². The fourth-order valence-electron chi connectivity index (χ4n) is 2.44. The summed E-state index contributed by atoms with van der Waals surface area (Å²) in [4.78, 5) is 25.5. The molecule has 1 aliphatic carbocycles. The monoisotopic (exact) mass is 326 g/mol. The second kappa shape index (κ2) is 6.26. The molecule has 0 fully saturated rings. The van der Waals surface area contributed by atoms with Crippen LogP contribution in [0.1, 0.15) is 6.92 Å². The zero-order valence-electron chi connectivity index (χ0n) is 12.4. The number of rotatable bonds is 3. The summed E-state index contributed by atoms with van der Waals surface area (Å²) in [6.07, 6.45) is 7.26. The van der Waals surface area contributed by atoms with Gasteiger partial charge in [0.25, 0.3) is 5.70 Å². The maximum absolute atomic E-state index is 11.9. The lowest BCUT2D eigenvalue weighted by molar-refractivity contribution is -0.419. The molecule has 6 heteroatoms. The Bertz CT molecular complexity index is 806. The molecule has 1 aliphatic heterocycles. The molecule has 116 valence electrons. The van der Waals surface area contributed by atoms with Crippen molar-refractivity contribution in [1.82, 2.24) is 0 Å². The van der Waals surface area contributed by atoms with Gasteiger partial charge in [-0.15, -0.1) is 0 Å². The largest absolute Gasteiger partial charge is 0.335 e. The van der Waals surface area contributed by atoms with Crippen molar-refractivity contribution in [1.29, 1.82) is 0 Å². The van der Waals surface area contributed by atoms with Gasteiger partial charge in [-0.2, -0.15) is 0 Å². The molecule has 5 nitrogen and oxygen atoms in total. The van der Waals surface area contributed by atoms with E-state index in [1.54, 1.807) is 17.8 Å². The van der Waals surface area contributed by atoms with E-state index in [2.05, 4.69) is 24.0 Å². The second-order valence-electron chi connectivity index (χ2n) is 4.96. The predicted octanol–water partition coefficient (Wildman–Crippen LogP) is 3.69. The summed E-state index contributed by atoms with van der Waals surface area (Å²) in [5, 5.41) is 11.8. The molecule has 3 rings (SSSR count). The number of anilines is 1. The first-order chi connectivity index (χ1) is 11.1. The number of ketones is 1. The molecule has 2 aliphatic rings. The molecule has 1 heterocycles. The smallest absolute Gasteiger partial charge is 0.270 e. The third-order valence-corrected chi connectivity index (χ3v) is 4.69. The van der Waals surface area contributed by atoms with E-state index in [-0.39, 0.29) is 11.5 Å². The number of hydrogen-bond acceptors (Lipinski definition) is 5. The van der Waals surface area contributed by atoms with E-state index in [0.29, 0.717) is 5.57 Å². The van der Waals surface area contributed by atoms with Crippen molar-refractivity contribution in [3.8, 4) is 0 Å². The Morgan fingerprint density at radius 1 is 1.26 bits per heavy atom. The molecule has 1 aromatic carbocycles. The Morgan fingerprint density at radius 3 is 2.78 bits per heavy atom. The maximum atomic E-state index is 11.9. The summed E-state index contributed by atoms with van der Waals surface area (Å²) < 4.78 is 0. The molecule has 0 atom stereocenters. The molecule has 23 heavy (non-hydrogen) atoms. The van der Waals surface area contributed by atoms with Crippen molar-refractivity contribution in [3.05, 3.63) is 81.1 Å². The first kappa shape index (κ1) is 15.3. The lowest BCUT2D eigenvalue weighted by Gasteiger charge is -2.17. The second-order valence-corrected chi connectivity index (χ2v) is 6.03. The molecule has 0 saturated heterocycles. The zero-order chi connectivity index (χ0) is 16.4. The molecule has 0 radical (unpaired) electrons. The van der Waals surface area contributed by atoms with Crippen LogP contribution in [0.15, 0.2) is 75.8 Å². The number of allylic oxidation sites excluding steroid dienone is 6. The minimum atomic E-state index is -0.498. The van der Waals surface area contributed by atoms with Crippen LogP contribution in [0.25, 0.3) is 0 Å². The van der Waals surface area contributed by atoms with Crippen molar-refractivity contribution in [2.75, 3.05) is 11.4 Å². The number of nitrogens with zero attached hydrogens (tertiary/aromatic N) is 2. The van der Waals surface area contributed by atoms with Crippen LogP contribution < -0.4 is 4.90 Å². The average Bonchev–Trinajstić information content (AvgIpc) is 2.91. The van der Waals surface area contributed by atoms with E-state index in [1.165, 1.54) is 18.2 Å². The van der Waals surface area contributed by atoms with Crippen molar-refractivity contribution in [2.45, 2.75) is 11.8 Å². The van der Waals surface area contributed by atoms with Gasteiger partial charge in [0.15, 0.2) is 5.78 Å². The van der Waals surface area contributed by atoms with Gasteiger partial charge in [-0.3, -0.25) is 14.9 Å². The average molecular weight is 326 g/mol. The van der Waals surface area contributed by atoms with Gasteiger partial charge in [0.2, 0.25) is 0 Å². The molecular weight excluding hydrogens is 312 g/mol. The Kier molecular flexibility index (Phi) is 4.16. The van der Waals surface area contributed by atoms with Gasteiger partial charge in [0, 0.05) is 29.2 Å². The van der Waals surface area contributed by atoms with E-state index in [9.17, 15) is 14.9 Å². The molecule has 0 saturated carbocycles. The number of hydrogen-bond donors (Lipinski definition) is 0. The first-order valence-corrected chi connectivity index (χ1v) is 7.96. The van der Waals surface area contributed by atoms with Crippen LogP contribution in [0.2, 0.25) is 0 Å². The third kappa shape index (κ3) is 2.98. The number of carbonyl (C=O) groups is 1. The van der Waals surface area contributed by atoms with Crippen molar-refractivity contribution >= 4 is 23.2 Å². The van der Waals surface area contributed by atoms with Crippen LogP contribution >= 0.6 is 11.8 Å². The minimum absolute atomic E-state index is 0.0797. The molecular formula is C17H14N2O3S. The van der Waals surface area contributed by atoms with Gasteiger partial charge in [-0.25, -0.2) is 0 Å². The van der Waals surface area contributed by atoms with E-state index < -0.39 is 4.92 Å². The Balaban J connectivity index is 1.92. The van der Waals surface area contributed by atoms with Crippen LogP contribution in [-0.4, -0.2) is 17.3 Å². The summed E-state index contributed by atoms with van der Waals surface area (Å²) in [6.45, 7) is 2.87. The standard InChI is InChI=1S/C17H14N2O3S/c1-2-18-14-5-3-4-6-16(14)23-17(18)10-7-12-11-13(19(21)22)8-9-15(12)20/h3-11H,2H2,1H3. The van der Waals surface area contributed by atoms with Crippen molar-refractivity contribution in [3.63, 3.8) is 0 Å². The summed E-state index contributed by atoms with van der Waals surface area (Å²) in [6, 6.07) is 8.09. The van der Waals surface area contributed by atoms with Crippen LogP contribution in [-0.2, 0) is 4.79 Å². The van der Waals surface area contributed by atoms with Crippen molar-refractivity contribution < 1.29 is 9.72 Å². The molecule has 0 spiro atoms. The first-order valence-electron chi connectivity index (χ1n) is 7.15. The van der Waals surface area contributed by atoms with Crippen molar-refractivity contribution in [2.24, 2.45) is 0 Å². The van der Waals surface area contributed by atoms with Gasteiger partial charge in [0.05, 0.1) is 15.6 Å². The number of para-hydroxylation sites is 1. The van der Waals surface area contributed by atoms with E-state index in [0.717, 1.165) is 22.2 Å². The normalized spacial score (nSPS) is 20.1. The van der Waals surface area contributed by atoms with E-state index >= 15 is 0 Å². The lowest BCUT2D eigenvalue weighted by atomic mass is 10.0. The van der Waals surface area contributed by atoms with Gasteiger partial charge >= 0.3 is 0 Å². The van der Waals surface area contributed by atoms with Gasteiger partial charge in [-0.1, -0.05) is 23.9 Å². The SMILES string of the molecule is CCN1C(=CC=C2C=C([N+](=O)[O-])C=CC2=O)Sc2ccccc21. The van der Waals surface area contributed by atoms with Crippen LogP contribution in [0.5, 0.6) is 0 Å². The highest BCUT2D eigenvalue weighted by atomic mass is 32.2. The number of nitro groups is 1. The number of carbonyl (C=O) groups excluding carboxylic acids is 1. The molecule has 0 unspecified atom stereocenters. The summed E-state index contributed by atoms with van der Waals surface area (Å²) in [7, 11) is 0. The quantitative estimate of drug-likeness (QED) is 0.481.